The molecular formula is C20H18N6O. The van der Waals surface area contributed by atoms with Crippen LogP contribution in [0.3, 0.4) is 0 Å². The highest BCUT2D eigenvalue weighted by atomic mass is 16.1. The number of rotatable bonds is 3. The number of pyridine rings is 1. The Morgan fingerprint density at radius 3 is 2.85 bits per heavy atom. The van der Waals surface area contributed by atoms with Gasteiger partial charge < -0.3 is 15.6 Å². The number of carbonyl (C=O) groups excluding carboxylic acids is 1. The van der Waals surface area contributed by atoms with E-state index in [9.17, 15) is 4.79 Å². The zero-order chi connectivity index (χ0) is 18.6. The highest BCUT2D eigenvalue weighted by Gasteiger charge is 2.26. The van der Waals surface area contributed by atoms with E-state index in [1.165, 1.54) is 0 Å². The minimum atomic E-state index is -0.108. The number of fused-ring (bicyclic) bond motifs is 1. The van der Waals surface area contributed by atoms with Gasteiger partial charge in [-0.3, -0.25) is 14.8 Å². The van der Waals surface area contributed by atoms with E-state index < -0.39 is 0 Å². The van der Waals surface area contributed by atoms with Crippen molar-refractivity contribution < 1.29 is 4.79 Å². The minimum absolute atomic E-state index is 0.108. The summed E-state index contributed by atoms with van der Waals surface area (Å²) >= 11 is 0. The molecule has 3 heterocycles. The van der Waals surface area contributed by atoms with Crippen LogP contribution in [-0.4, -0.2) is 25.8 Å². The van der Waals surface area contributed by atoms with Crippen LogP contribution < -0.4 is 10.6 Å². The zero-order valence-corrected chi connectivity index (χ0v) is 14.7. The fraction of sp³-hybridized carbons (Fsp3) is 0.100. The Balaban J connectivity index is 1.83. The average molecular weight is 358 g/mol. The van der Waals surface area contributed by atoms with Gasteiger partial charge in [0.05, 0.1) is 16.9 Å². The topological polar surface area (TPSA) is 95.6 Å². The molecule has 0 bridgehead atoms. The lowest BCUT2D eigenvalue weighted by Crippen LogP contribution is -2.13. The third kappa shape index (κ3) is 3.48. The van der Waals surface area contributed by atoms with Crippen molar-refractivity contribution in [3.05, 3.63) is 78.1 Å². The van der Waals surface area contributed by atoms with E-state index in [2.05, 4.69) is 30.6 Å². The largest absolute Gasteiger partial charge is 0.362 e. The summed E-state index contributed by atoms with van der Waals surface area (Å²) in [5.74, 6) is 0.578. The first-order chi connectivity index (χ1) is 13.2. The van der Waals surface area contributed by atoms with Gasteiger partial charge in [0.2, 0.25) is 0 Å². The molecule has 1 amide bonds. The van der Waals surface area contributed by atoms with E-state index in [1.807, 2.05) is 43.5 Å². The van der Waals surface area contributed by atoms with Gasteiger partial charge in [-0.1, -0.05) is 12.1 Å². The SMILES string of the molecule is Cc1cnccnc(-c2ccc(Nc3ccccn3)c3c2CNC3=O)c[nH]1. The second kappa shape index (κ2) is 7.25. The van der Waals surface area contributed by atoms with Crippen LogP contribution in [0, 0.1) is 6.92 Å². The number of nitrogens with one attached hydrogen (secondary N) is 3. The van der Waals surface area contributed by atoms with E-state index in [-0.39, 0.29) is 5.91 Å². The van der Waals surface area contributed by atoms with Crippen molar-refractivity contribution in [3.8, 4) is 11.3 Å². The zero-order valence-electron chi connectivity index (χ0n) is 14.7. The summed E-state index contributed by atoms with van der Waals surface area (Å²) in [6, 6.07) is 9.44. The van der Waals surface area contributed by atoms with Crippen LogP contribution in [0.25, 0.3) is 11.3 Å². The summed E-state index contributed by atoms with van der Waals surface area (Å²) < 4.78 is 0. The van der Waals surface area contributed by atoms with E-state index in [0.717, 1.165) is 28.2 Å². The van der Waals surface area contributed by atoms with Crippen LogP contribution in [0.4, 0.5) is 11.5 Å². The number of aromatic nitrogens is 4. The number of benzene rings is 1. The molecule has 0 radical (unpaired) electrons. The molecule has 4 rings (SSSR count). The normalized spacial score (nSPS) is 12.1. The Kier molecular flexibility index (Phi) is 4.49. The number of carbonyl (C=O) groups is 1. The van der Waals surface area contributed by atoms with Crippen molar-refractivity contribution in [1.82, 2.24) is 25.3 Å². The van der Waals surface area contributed by atoms with Crippen molar-refractivity contribution >= 4 is 17.4 Å². The summed E-state index contributed by atoms with van der Waals surface area (Å²) in [6.07, 6.45) is 8.52. The van der Waals surface area contributed by atoms with Crippen LogP contribution in [0.2, 0.25) is 0 Å². The number of aromatic amines is 1. The fourth-order valence-electron chi connectivity index (χ4n) is 2.98. The lowest BCUT2D eigenvalue weighted by Gasteiger charge is -2.12. The van der Waals surface area contributed by atoms with Gasteiger partial charge in [0, 0.05) is 48.8 Å². The van der Waals surface area contributed by atoms with E-state index >= 15 is 0 Å². The molecule has 134 valence electrons. The summed E-state index contributed by atoms with van der Waals surface area (Å²) in [6.45, 7) is 2.38. The van der Waals surface area contributed by atoms with Crippen LogP contribution >= 0.6 is 0 Å². The highest BCUT2D eigenvalue weighted by molar-refractivity contribution is 6.05. The monoisotopic (exact) mass is 358 g/mol. The van der Waals surface area contributed by atoms with Gasteiger partial charge in [-0.15, -0.1) is 0 Å². The molecule has 2 aromatic heterocycles. The molecule has 0 atom stereocenters. The smallest absolute Gasteiger partial charge is 0.254 e. The Bertz CT molecular complexity index is 1040. The molecule has 0 aliphatic carbocycles. The molecule has 1 aliphatic rings. The third-order valence-electron chi connectivity index (χ3n) is 4.24. The third-order valence-corrected chi connectivity index (χ3v) is 4.24. The fourth-order valence-corrected chi connectivity index (χ4v) is 2.98. The number of anilines is 2. The van der Waals surface area contributed by atoms with Crippen molar-refractivity contribution in [2.75, 3.05) is 5.32 Å². The number of hydrogen-bond donors (Lipinski definition) is 3. The van der Waals surface area contributed by atoms with Gasteiger partial charge in [-0.05, 0) is 30.7 Å². The standard InChI is InChI=1S/C20H18N6O/c1-13-10-21-8-9-22-17(12-24-13)14-5-6-16(19-15(14)11-25-20(19)27)26-18-4-2-3-7-23-18/h2-10,12,24H,11H2,1H3,(H,23,26)(H,25,27). The van der Waals surface area contributed by atoms with Gasteiger partial charge >= 0.3 is 0 Å². The predicted molar refractivity (Wildman–Crippen MR) is 103 cm³/mol. The van der Waals surface area contributed by atoms with Crippen molar-refractivity contribution in [3.63, 3.8) is 0 Å². The Hall–Kier alpha value is -3.74. The summed E-state index contributed by atoms with van der Waals surface area (Å²) in [7, 11) is 0. The maximum absolute atomic E-state index is 12.5. The molecule has 0 fully saturated rings. The lowest BCUT2D eigenvalue weighted by molar-refractivity contribution is 0.0966. The number of amides is 1. The molecule has 1 aromatic carbocycles. The number of H-pyrrole nitrogens is 1. The highest BCUT2D eigenvalue weighted by Crippen LogP contribution is 2.33. The second-order valence-electron chi connectivity index (χ2n) is 6.10. The Morgan fingerprint density at radius 1 is 1.07 bits per heavy atom. The van der Waals surface area contributed by atoms with Crippen LogP contribution in [-0.2, 0) is 6.54 Å². The van der Waals surface area contributed by atoms with Gasteiger partial charge in [-0.25, -0.2) is 4.98 Å². The molecule has 0 spiro atoms. The van der Waals surface area contributed by atoms with Crippen LogP contribution in [0.1, 0.15) is 21.6 Å². The average Bonchev–Trinajstić information content (AvgIpc) is 3.11. The second-order valence-corrected chi connectivity index (χ2v) is 6.10. The van der Waals surface area contributed by atoms with Crippen molar-refractivity contribution in [1.29, 1.82) is 0 Å². The number of hydrogen-bond acceptors (Lipinski definition) is 5. The van der Waals surface area contributed by atoms with Gasteiger partial charge in [-0.2, -0.15) is 0 Å². The maximum Gasteiger partial charge on any atom is 0.254 e. The summed E-state index contributed by atoms with van der Waals surface area (Å²) in [5, 5.41) is 6.13. The first-order valence-corrected chi connectivity index (χ1v) is 8.54. The van der Waals surface area contributed by atoms with Gasteiger partial charge in [0.25, 0.3) is 5.91 Å². The molecular weight excluding hydrogens is 340 g/mol. The maximum atomic E-state index is 12.5. The van der Waals surface area contributed by atoms with Crippen molar-refractivity contribution in [2.45, 2.75) is 13.5 Å². The summed E-state index contributed by atoms with van der Waals surface area (Å²) in [5.41, 5.74) is 4.77. The molecule has 1 aliphatic heterocycles. The molecule has 0 saturated carbocycles. The van der Waals surface area contributed by atoms with Crippen LogP contribution in [0.15, 0.2) is 61.3 Å². The Morgan fingerprint density at radius 2 is 2.00 bits per heavy atom. The molecule has 7 nitrogen and oxygen atoms in total. The molecule has 0 saturated heterocycles. The minimum Gasteiger partial charge on any atom is -0.362 e. The lowest BCUT2D eigenvalue weighted by atomic mass is 9.99. The van der Waals surface area contributed by atoms with Crippen molar-refractivity contribution in [2.24, 2.45) is 0 Å². The van der Waals surface area contributed by atoms with E-state index in [0.29, 0.717) is 17.9 Å². The molecule has 3 N–H and O–H groups in total. The van der Waals surface area contributed by atoms with Gasteiger partial charge in [0.15, 0.2) is 0 Å². The first kappa shape index (κ1) is 16.7. The molecule has 3 aromatic rings. The molecule has 27 heavy (non-hydrogen) atoms. The first-order valence-electron chi connectivity index (χ1n) is 8.54. The quantitative estimate of drug-likeness (QED) is 0.668. The molecule has 7 heteroatoms. The van der Waals surface area contributed by atoms with E-state index in [4.69, 9.17) is 0 Å². The predicted octanol–water partition coefficient (Wildman–Crippen LogP) is 3.29. The van der Waals surface area contributed by atoms with Gasteiger partial charge in [0.1, 0.15) is 5.82 Å². The molecule has 0 unspecified atom stereocenters. The number of nitrogens with zero attached hydrogens (tertiary/aromatic N) is 3. The number of aryl methyl sites for hydroxylation is 1. The van der Waals surface area contributed by atoms with E-state index in [1.54, 1.807) is 24.8 Å². The Labute approximate surface area is 156 Å². The summed E-state index contributed by atoms with van der Waals surface area (Å²) in [4.78, 5) is 28.5. The van der Waals surface area contributed by atoms with Crippen LogP contribution in [0.5, 0.6) is 0 Å².